The predicted octanol–water partition coefficient (Wildman–Crippen LogP) is -1.24. The van der Waals surface area contributed by atoms with Crippen LogP contribution >= 0.6 is 0 Å². The topological polar surface area (TPSA) is 78.7 Å². The maximum Gasteiger partial charge on any atom is 0.240 e. The van der Waals surface area contributed by atoms with Crippen LogP contribution in [0, 0.1) is 0 Å². The SMILES string of the molecule is CC(C(=O)N1CCCC1C(N)=O)N1CCNCC1. The number of piperazine rings is 1. The lowest BCUT2D eigenvalue weighted by Crippen LogP contribution is -2.55. The third kappa shape index (κ3) is 2.64. The molecule has 3 N–H and O–H groups in total. The van der Waals surface area contributed by atoms with E-state index in [4.69, 9.17) is 5.73 Å². The molecular weight excluding hydrogens is 232 g/mol. The van der Waals surface area contributed by atoms with Crippen LogP contribution in [0.15, 0.2) is 0 Å². The Balaban J connectivity index is 1.99. The number of likely N-dealkylation sites (tertiary alicyclic amines) is 1. The zero-order chi connectivity index (χ0) is 13.1. The van der Waals surface area contributed by atoms with Crippen LogP contribution in [0.4, 0.5) is 0 Å². The van der Waals surface area contributed by atoms with Gasteiger partial charge in [-0.15, -0.1) is 0 Å². The summed E-state index contributed by atoms with van der Waals surface area (Å²) in [4.78, 5) is 27.6. The third-order valence-electron chi connectivity index (χ3n) is 3.92. The van der Waals surface area contributed by atoms with Crippen LogP contribution in [0.25, 0.3) is 0 Å². The highest BCUT2D eigenvalue weighted by Gasteiger charge is 2.36. The first-order valence-electron chi connectivity index (χ1n) is 6.66. The normalized spacial score (nSPS) is 27.2. The molecule has 0 radical (unpaired) electrons. The van der Waals surface area contributed by atoms with Gasteiger partial charge in [-0.05, 0) is 19.8 Å². The molecule has 0 aromatic carbocycles. The lowest BCUT2D eigenvalue weighted by atomic mass is 10.1. The maximum absolute atomic E-state index is 12.4. The summed E-state index contributed by atoms with van der Waals surface area (Å²) < 4.78 is 0. The van der Waals surface area contributed by atoms with Crippen LogP contribution in [-0.2, 0) is 9.59 Å². The Bertz CT molecular complexity index is 328. The summed E-state index contributed by atoms with van der Waals surface area (Å²) in [5.41, 5.74) is 5.35. The largest absolute Gasteiger partial charge is 0.368 e. The first-order valence-corrected chi connectivity index (χ1v) is 6.66. The Kier molecular flexibility index (Phi) is 4.19. The van der Waals surface area contributed by atoms with E-state index in [0.29, 0.717) is 13.0 Å². The fraction of sp³-hybridized carbons (Fsp3) is 0.833. The summed E-state index contributed by atoms with van der Waals surface area (Å²) >= 11 is 0. The molecule has 0 bridgehead atoms. The Hall–Kier alpha value is -1.14. The maximum atomic E-state index is 12.4. The predicted molar refractivity (Wildman–Crippen MR) is 67.8 cm³/mol. The van der Waals surface area contributed by atoms with Crippen molar-refractivity contribution in [1.29, 1.82) is 0 Å². The quantitative estimate of drug-likeness (QED) is 0.660. The van der Waals surface area contributed by atoms with Crippen LogP contribution in [0.3, 0.4) is 0 Å². The summed E-state index contributed by atoms with van der Waals surface area (Å²) in [6.45, 7) is 6.16. The second kappa shape index (κ2) is 5.67. The second-order valence-electron chi connectivity index (χ2n) is 5.05. The molecule has 0 aliphatic carbocycles. The molecule has 2 unspecified atom stereocenters. The van der Waals surface area contributed by atoms with E-state index in [0.717, 1.165) is 32.6 Å². The zero-order valence-corrected chi connectivity index (χ0v) is 10.9. The molecule has 102 valence electrons. The summed E-state index contributed by atoms with van der Waals surface area (Å²) in [6, 6.07) is -0.560. The monoisotopic (exact) mass is 254 g/mol. The number of rotatable bonds is 3. The van der Waals surface area contributed by atoms with Gasteiger partial charge < -0.3 is 16.0 Å². The Labute approximate surface area is 107 Å². The Morgan fingerprint density at radius 2 is 1.94 bits per heavy atom. The molecular formula is C12H22N4O2. The van der Waals surface area contributed by atoms with Crippen LogP contribution in [0.1, 0.15) is 19.8 Å². The van der Waals surface area contributed by atoms with Crippen molar-refractivity contribution in [1.82, 2.24) is 15.1 Å². The van der Waals surface area contributed by atoms with Crippen LogP contribution in [0.5, 0.6) is 0 Å². The minimum atomic E-state index is -0.400. The second-order valence-corrected chi connectivity index (χ2v) is 5.05. The summed E-state index contributed by atoms with van der Waals surface area (Å²) in [7, 11) is 0. The van der Waals surface area contributed by atoms with Crippen molar-refractivity contribution in [3.8, 4) is 0 Å². The molecule has 0 spiro atoms. The van der Waals surface area contributed by atoms with E-state index >= 15 is 0 Å². The number of nitrogens with zero attached hydrogens (tertiary/aromatic N) is 2. The molecule has 6 nitrogen and oxygen atoms in total. The van der Waals surface area contributed by atoms with Crippen molar-refractivity contribution >= 4 is 11.8 Å². The van der Waals surface area contributed by atoms with Crippen molar-refractivity contribution in [2.24, 2.45) is 5.73 Å². The Morgan fingerprint density at radius 1 is 1.28 bits per heavy atom. The van der Waals surface area contributed by atoms with Gasteiger partial charge in [-0.25, -0.2) is 0 Å². The van der Waals surface area contributed by atoms with E-state index in [9.17, 15) is 9.59 Å². The number of amides is 2. The molecule has 0 aromatic rings. The summed E-state index contributed by atoms with van der Waals surface area (Å²) in [5.74, 6) is -0.341. The van der Waals surface area contributed by atoms with Crippen LogP contribution in [0.2, 0.25) is 0 Å². The first-order chi connectivity index (χ1) is 8.61. The van der Waals surface area contributed by atoms with Gasteiger partial charge in [-0.3, -0.25) is 14.5 Å². The van der Waals surface area contributed by atoms with Crippen molar-refractivity contribution in [3.05, 3.63) is 0 Å². The van der Waals surface area contributed by atoms with Gasteiger partial charge in [0.05, 0.1) is 6.04 Å². The molecule has 2 aliphatic rings. The standard InChI is InChI=1S/C12H22N4O2/c1-9(15-7-4-14-5-8-15)12(18)16-6-2-3-10(16)11(13)17/h9-10,14H,2-8H2,1H3,(H2,13,17). The minimum Gasteiger partial charge on any atom is -0.368 e. The average Bonchev–Trinajstić information content (AvgIpc) is 2.87. The molecule has 2 atom stereocenters. The third-order valence-corrected chi connectivity index (χ3v) is 3.92. The molecule has 2 aliphatic heterocycles. The van der Waals surface area contributed by atoms with Gasteiger partial charge in [0.2, 0.25) is 11.8 Å². The highest BCUT2D eigenvalue weighted by molar-refractivity contribution is 5.89. The number of nitrogens with two attached hydrogens (primary N) is 1. The molecule has 0 aromatic heterocycles. The van der Waals surface area contributed by atoms with Crippen LogP contribution in [-0.4, -0.2) is 66.4 Å². The van der Waals surface area contributed by atoms with Crippen molar-refractivity contribution < 1.29 is 9.59 Å². The number of nitrogens with one attached hydrogen (secondary N) is 1. The summed E-state index contributed by atoms with van der Waals surface area (Å²) in [6.07, 6.45) is 1.57. The molecule has 6 heteroatoms. The molecule has 2 rings (SSSR count). The van der Waals surface area contributed by atoms with Gasteiger partial charge in [0.15, 0.2) is 0 Å². The van der Waals surface area contributed by atoms with Gasteiger partial charge in [-0.2, -0.15) is 0 Å². The number of hydrogen-bond acceptors (Lipinski definition) is 4. The van der Waals surface area contributed by atoms with Crippen molar-refractivity contribution in [2.75, 3.05) is 32.7 Å². The van der Waals surface area contributed by atoms with E-state index < -0.39 is 6.04 Å². The van der Waals surface area contributed by atoms with Gasteiger partial charge >= 0.3 is 0 Å². The highest BCUT2D eigenvalue weighted by atomic mass is 16.2. The summed E-state index contributed by atoms with van der Waals surface area (Å²) in [5, 5.41) is 3.26. The number of hydrogen-bond donors (Lipinski definition) is 2. The number of carbonyl (C=O) groups excluding carboxylic acids is 2. The van der Waals surface area contributed by atoms with E-state index in [1.807, 2.05) is 6.92 Å². The fourth-order valence-electron chi connectivity index (χ4n) is 2.79. The molecule has 2 fully saturated rings. The number of primary amides is 1. The highest BCUT2D eigenvalue weighted by Crippen LogP contribution is 2.19. The van der Waals surface area contributed by atoms with Crippen LogP contribution < -0.4 is 11.1 Å². The van der Waals surface area contributed by atoms with Gasteiger partial charge in [0, 0.05) is 32.7 Å². The smallest absolute Gasteiger partial charge is 0.240 e. The van der Waals surface area contributed by atoms with Gasteiger partial charge in [-0.1, -0.05) is 0 Å². The first kappa shape index (κ1) is 13.3. The lowest BCUT2D eigenvalue weighted by Gasteiger charge is -2.35. The molecule has 2 heterocycles. The minimum absolute atomic E-state index is 0.0400. The average molecular weight is 254 g/mol. The zero-order valence-electron chi connectivity index (χ0n) is 10.9. The molecule has 2 saturated heterocycles. The number of carbonyl (C=O) groups is 2. The van der Waals surface area contributed by atoms with E-state index in [2.05, 4.69) is 10.2 Å². The van der Waals surface area contributed by atoms with Gasteiger partial charge in [0.1, 0.15) is 6.04 Å². The van der Waals surface area contributed by atoms with Gasteiger partial charge in [0.25, 0.3) is 0 Å². The molecule has 0 saturated carbocycles. The van der Waals surface area contributed by atoms with E-state index in [1.165, 1.54) is 0 Å². The Morgan fingerprint density at radius 3 is 2.56 bits per heavy atom. The van der Waals surface area contributed by atoms with E-state index in [-0.39, 0.29) is 17.9 Å². The molecule has 18 heavy (non-hydrogen) atoms. The fourth-order valence-corrected chi connectivity index (χ4v) is 2.79. The van der Waals surface area contributed by atoms with Crippen molar-refractivity contribution in [2.45, 2.75) is 31.8 Å². The van der Waals surface area contributed by atoms with E-state index in [1.54, 1.807) is 4.90 Å². The molecule has 2 amide bonds. The van der Waals surface area contributed by atoms with Crippen molar-refractivity contribution in [3.63, 3.8) is 0 Å². The lowest BCUT2D eigenvalue weighted by molar-refractivity contribution is -0.141.